The van der Waals surface area contributed by atoms with Crippen LogP contribution >= 0.6 is 0 Å². The van der Waals surface area contributed by atoms with E-state index in [1.54, 1.807) is 27.9 Å². The van der Waals surface area contributed by atoms with E-state index in [9.17, 15) is 0 Å². The predicted molar refractivity (Wildman–Crippen MR) is 130 cm³/mol. The van der Waals surface area contributed by atoms with Crippen molar-refractivity contribution in [3.8, 4) is 0 Å². The van der Waals surface area contributed by atoms with E-state index in [0.29, 0.717) is 9.54 Å². The zero-order valence-electron chi connectivity index (χ0n) is 20.5. The summed E-state index contributed by atoms with van der Waals surface area (Å²) in [7, 11) is 0. The van der Waals surface area contributed by atoms with Gasteiger partial charge in [-0.1, -0.05) is 0 Å². The van der Waals surface area contributed by atoms with Crippen LogP contribution in [-0.4, -0.2) is 5.43 Å². The first-order chi connectivity index (χ1) is 14.2. The van der Waals surface area contributed by atoms with Crippen LogP contribution in [0.25, 0.3) is 5.57 Å². The fourth-order valence-corrected chi connectivity index (χ4v) is 26.2. The summed E-state index contributed by atoms with van der Waals surface area (Å²) in [5, 5.41) is 0. The average Bonchev–Trinajstić information content (AvgIpc) is 3.10. The van der Waals surface area contributed by atoms with E-state index in [1.165, 1.54) is 22.3 Å². The van der Waals surface area contributed by atoms with Crippen LogP contribution in [0.4, 0.5) is 0 Å². The third-order valence-corrected chi connectivity index (χ3v) is 26.4. The van der Waals surface area contributed by atoms with E-state index in [4.69, 9.17) is 0 Å². The summed E-state index contributed by atoms with van der Waals surface area (Å²) < 4.78 is 2.60. The van der Waals surface area contributed by atoms with Gasteiger partial charge in [-0.15, -0.1) is 0 Å². The topological polar surface area (TPSA) is 0 Å². The number of fused-ring (bicyclic) bond motifs is 1. The van der Waals surface area contributed by atoms with Gasteiger partial charge in [-0.05, 0) is 0 Å². The smallest absolute Gasteiger partial charge is 1.00 e. The van der Waals surface area contributed by atoms with Gasteiger partial charge in [0.05, 0.1) is 0 Å². The van der Waals surface area contributed by atoms with Gasteiger partial charge >= 0.3 is 192 Å². The molecule has 0 bridgehead atoms. The summed E-state index contributed by atoms with van der Waals surface area (Å²) in [6.07, 6.45) is 0. The van der Waals surface area contributed by atoms with Crippen LogP contribution < -0.4 is 24.8 Å². The summed E-state index contributed by atoms with van der Waals surface area (Å²) >= 11 is -1.96. The predicted octanol–water partition coefficient (Wildman–Crippen LogP) is 2.01. The van der Waals surface area contributed by atoms with Gasteiger partial charge in [-0.2, -0.15) is 0 Å². The van der Waals surface area contributed by atoms with Crippen molar-refractivity contribution >= 4 is 11.0 Å². The Morgan fingerprint density at radius 2 is 1.41 bits per heavy atom. The molecule has 0 saturated heterocycles. The van der Waals surface area contributed by atoms with Crippen molar-refractivity contribution in [3.63, 3.8) is 0 Å². The zero-order chi connectivity index (χ0) is 21.7. The number of aryl methyl sites for hydroxylation is 1. The summed E-state index contributed by atoms with van der Waals surface area (Å²) in [6.45, 7) is 19.6. The quantitative estimate of drug-likeness (QED) is 0.504. The van der Waals surface area contributed by atoms with Crippen LogP contribution in [0.3, 0.4) is 0 Å². The molecule has 0 radical (unpaired) electrons. The molecule has 0 aromatic heterocycles. The Kier molecular flexibility index (Phi) is 9.25. The Morgan fingerprint density at radius 1 is 0.781 bits per heavy atom. The second-order valence-electron chi connectivity index (χ2n) is 9.43. The molecule has 2 aromatic rings. The number of allylic oxidation sites excluding steroid dienone is 5. The molecule has 0 nitrogen and oxygen atoms in total. The van der Waals surface area contributed by atoms with Crippen LogP contribution in [-0.2, 0) is 20.4 Å². The van der Waals surface area contributed by atoms with Gasteiger partial charge in [0, 0.05) is 0 Å². The summed E-state index contributed by atoms with van der Waals surface area (Å²) in [6, 6.07) is 18.3. The molecule has 0 N–H and O–H groups in total. The molecule has 2 aromatic carbocycles. The first kappa shape index (κ1) is 27.6. The van der Waals surface area contributed by atoms with Crippen molar-refractivity contribution in [2.45, 2.75) is 58.3 Å². The van der Waals surface area contributed by atoms with Crippen molar-refractivity contribution in [1.82, 2.24) is 0 Å². The zero-order valence-corrected chi connectivity index (χ0v) is 25.5. The fourth-order valence-electron chi connectivity index (χ4n) is 5.61. The molecule has 0 spiro atoms. The maximum atomic E-state index is 2.61. The molecular formula is C28H34Cl2SiZr. The van der Waals surface area contributed by atoms with Gasteiger partial charge in [0.2, 0.25) is 0 Å². The molecule has 0 aliphatic heterocycles. The molecule has 0 fully saturated rings. The van der Waals surface area contributed by atoms with Gasteiger partial charge in [-0.3, -0.25) is 0 Å². The van der Waals surface area contributed by atoms with Crippen molar-refractivity contribution < 1.29 is 45.2 Å². The van der Waals surface area contributed by atoms with E-state index < -0.39 is 20.4 Å². The second kappa shape index (κ2) is 10.7. The van der Waals surface area contributed by atoms with Crippen molar-refractivity contribution in [3.05, 3.63) is 96.4 Å². The molecule has 2 unspecified atom stereocenters. The monoisotopic (exact) mass is 558 g/mol. The molecule has 4 heteroatoms. The van der Waals surface area contributed by atoms with Crippen LogP contribution in [0, 0.1) is 12.8 Å². The third kappa shape index (κ3) is 4.50. The molecule has 2 aliphatic rings. The summed E-state index contributed by atoms with van der Waals surface area (Å²) in [5.41, 5.74) is 13.6. The van der Waals surface area contributed by atoms with Crippen molar-refractivity contribution in [2.75, 3.05) is 0 Å². The van der Waals surface area contributed by atoms with Crippen LogP contribution in [0.2, 0.25) is 13.1 Å². The largest absolute Gasteiger partial charge is 1.00 e. The van der Waals surface area contributed by atoms with Crippen LogP contribution in [0.1, 0.15) is 60.5 Å². The average molecular weight is 561 g/mol. The number of hydrogen-bond donors (Lipinski definition) is 0. The minimum atomic E-state index is -1.96. The third-order valence-electron chi connectivity index (χ3n) is 7.44. The normalized spacial score (nSPS) is 19.3. The number of hydrogen-bond acceptors (Lipinski definition) is 0. The van der Waals surface area contributed by atoms with Crippen LogP contribution in [0.5, 0.6) is 0 Å². The molecule has 0 saturated carbocycles. The number of halogens is 2. The molecular weight excluding hydrogens is 527 g/mol. The molecule has 4 rings (SSSR count). The molecule has 2 atom stereocenters. The number of benzene rings is 2. The van der Waals surface area contributed by atoms with Crippen molar-refractivity contribution in [2.24, 2.45) is 5.92 Å². The summed E-state index contributed by atoms with van der Waals surface area (Å²) in [5.74, 6) is 0.654. The van der Waals surface area contributed by atoms with Gasteiger partial charge in [-0.25, -0.2) is 0 Å². The maximum absolute atomic E-state index is 2.61. The Hall–Kier alpha value is -0.660. The van der Waals surface area contributed by atoms with E-state index >= 15 is 0 Å². The fraction of sp³-hybridized carbons (Fsp3) is 0.357. The standard InChI is InChI=1S/C17H15.C9H13.C2H6Si.2ClH.Zr/c1-12-8-9-16-15(10-12)11-13(2)17(16)14-6-4-3-5-7-14;1-6-5-7(2)9(4)8(6)3;1-3-2;;;/h3-11H,1-2H3;6H,1-4H3;1-2H3;2*1H;/q;;;;;+2/p-2. The molecule has 2 aliphatic carbocycles. The molecule has 32 heavy (non-hydrogen) atoms. The first-order valence-electron chi connectivity index (χ1n) is 11.2. The van der Waals surface area contributed by atoms with Gasteiger partial charge in [0.15, 0.2) is 0 Å². The Bertz CT molecular complexity index is 1170. The Labute approximate surface area is 215 Å². The minimum Gasteiger partial charge on any atom is -1.00 e. The minimum absolute atomic E-state index is 0. The van der Waals surface area contributed by atoms with Crippen molar-refractivity contribution in [1.29, 1.82) is 0 Å². The van der Waals surface area contributed by atoms with E-state index in [1.807, 2.05) is 3.28 Å². The van der Waals surface area contributed by atoms with Gasteiger partial charge < -0.3 is 24.8 Å². The SMILES string of the molecule is CC1=C(C)C(C)[C]([Zr+2]([CH]2C(C)=C(c3ccccc3)c3ccc(C)cc32)=[Si](C)C)=C1C.[Cl-].[Cl-]. The van der Waals surface area contributed by atoms with Crippen LogP contribution in [0.15, 0.2) is 74.1 Å². The first-order valence-corrected chi connectivity index (χ1v) is 20.0. The van der Waals surface area contributed by atoms with E-state index in [-0.39, 0.29) is 30.2 Å². The van der Waals surface area contributed by atoms with Gasteiger partial charge in [0.1, 0.15) is 0 Å². The van der Waals surface area contributed by atoms with E-state index in [2.05, 4.69) is 103 Å². The second-order valence-corrected chi connectivity index (χ2v) is 26.8. The summed E-state index contributed by atoms with van der Waals surface area (Å²) in [4.78, 5) is 0. The maximum Gasteiger partial charge on any atom is -1.00 e. The number of rotatable bonds is 3. The molecule has 0 heterocycles. The molecule has 0 amide bonds. The Balaban J connectivity index is 0.00000181. The van der Waals surface area contributed by atoms with Gasteiger partial charge in [0.25, 0.3) is 0 Å². The molecule has 168 valence electrons. The Morgan fingerprint density at radius 3 is 1.94 bits per heavy atom. The van der Waals surface area contributed by atoms with E-state index in [0.717, 1.165) is 0 Å².